The summed E-state index contributed by atoms with van der Waals surface area (Å²) in [6.45, 7) is 3.81. The molecule has 0 aliphatic heterocycles. The van der Waals surface area contributed by atoms with Gasteiger partial charge in [0.2, 0.25) is 0 Å². The molecule has 9 heteroatoms. The van der Waals surface area contributed by atoms with Gasteiger partial charge in [-0.2, -0.15) is 0 Å². The van der Waals surface area contributed by atoms with Crippen molar-refractivity contribution < 1.29 is 38.1 Å². The normalized spacial score (nSPS) is 10.7. The van der Waals surface area contributed by atoms with Crippen LogP contribution >= 0.6 is 11.6 Å². The number of methoxy groups -OCH3 is 2. The smallest absolute Gasteiger partial charge is 0.332 e. The van der Waals surface area contributed by atoms with E-state index in [4.69, 9.17) is 25.8 Å². The Labute approximate surface area is 197 Å². The monoisotopic (exact) mass is 478 g/mol. The minimum Gasteiger partial charge on any atom is -0.496 e. The predicted molar refractivity (Wildman–Crippen MR) is 122 cm³/mol. The molecule has 33 heavy (non-hydrogen) atoms. The fourth-order valence-electron chi connectivity index (χ4n) is 2.62. The number of hydrogen-bond acceptors (Lipinski definition) is 8. The van der Waals surface area contributed by atoms with Crippen LogP contribution in [0, 0.1) is 0 Å². The largest absolute Gasteiger partial charge is 0.496 e. The lowest BCUT2D eigenvalue weighted by Crippen LogP contribution is -2.27. The molecule has 0 amide bonds. The zero-order chi connectivity index (χ0) is 24.8. The molecule has 0 heterocycles. The van der Waals surface area contributed by atoms with Crippen molar-refractivity contribution in [3.05, 3.63) is 59.7 Å². The van der Waals surface area contributed by atoms with Gasteiger partial charge in [-0.3, -0.25) is 14.4 Å². The van der Waals surface area contributed by atoms with E-state index < -0.39 is 23.1 Å². The van der Waals surface area contributed by atoms with Gasteiger partial charge in [-0.25, -0.2) is 4.79 Å². The summed E-state index contributed by atoms with van der Waals surface area (Å²) in [5.41, 5.74) is 0.668. The van der Waals surface area contributed by atoms with Crippen molar-refractivity contribution in [2.75, 3.05) is 27.4 Å². The van der Waals surface area contributed by atoms with Gasteiger partial charge in [0.1, 0.15) is 17.9 Å². The third-order valence-electron chi connectivity index (χ3n) is 4.11. The first-order chi connectivity index (χ1) is 15.8. The number of ether oxygens (including phenoxy) is 4. The lowest BCUT2D eigenvalue weighted by atomic mass is 10.1. The number of carbonyl (C=O) groups excluding carboxylic acids is 4. The zero-order valence-corrected chi connectivity index (χ0v) is 19.7. The summed E-state index contributed by atoms with van der Waals surface area (Å²) < 4.78 is 19.5. The lowest BCUT2D eigenvalue weighted by Gasteiger charge is -2.10. The summed E-state index contributed by atoms with van der Waals surface area (Å²) >= 11 is 5.74. The Morgan fingerprint density at radius 1 is 0.788 bits per heavy atom. The van der Waals surface area contributed by atoms with Crippen molar-refractivity contribution in [2.45, 2.75) is 25.6 Å². The molecule has 0 saturated carbocycles. The summed E-state index contributed by atoms with van der Waals surface area (Å²) in [5.74, 6) is -1.23. The van der Waals surface area contributed by atoms with E-state index in [0.29, 0.717) is 17.1 Å². The Balaban J connectivity index is 0.000000331. The number of para-hydroxylation sites is 2. The maximum absolute atomic E-state index is 11.9. The van der Waals surface area contributed by atoms with Crippen molar-refractivity contribution in [2.24, 2.45) is 0 Å². The molecular weight excluding hydrogens is 452 g/mol. The van der Waals surface area contributed by atoms with Crippen LogP contribution in [0.15, 0.2) is 48.5 Å². The van der Waals surface area contributed by atoms with Gasteiger partial charge in [0, 0.05) is 0 Å². The number of alkyl halides is 1. The Morgan fingerprint density at radius 3 is 1.79 bits per heavy atom. The van der Waals surface area contributed by atoms with Gasteiger partial charge in [0.15, 0.2) is 16.9 Å². The van der Waals surface area contributed by atoms with Gasteiger partial charge in [-0.1, -0.05) is 24.3 Å². The third kappa shape index (κ3) is 8.57. The molecule has 0 radical (unpaired) electrons. The molecule has 0 fully saturated rings. The summed E-state index contributed by atoms with van der Waals surface area (Å²) in [6, 6.07) is 13.4. The topological polar surface area (TPSA) is 105 Å². The van der Waals surface area contributed by atoms with Gasteiger partial charge in [0.25, 0.3) is 0 Å². The fourth-order valence-corrected chi connectivity index (χ4v) is 2.80. The van der Waals surface area contributed by atoms with Crippen LogP contribution in [0.25, 0.3) is 0 Å². The molecule has 2 rings (SSSR count). The van der Waals surface area contributed by atoms with Gasteiger partial charge in [0.05, 0.1) is 38.6 Å². The Morgan fingerprint density at radius 2 is 1.27 bits per heavy atom. The van der Waals surface area contributed by atoms with Crippen LogP contribution in [0.1, 0.15) is 41.0 Å². The highest BCUT2D eigenvalue weighted by Gasteiger charge is 2.28. The number of Topliss-reactive ketones (excluding diaryl/α,β-unsaturated/α-hetero) is 2. The molecule has 2 aromatic rings. The minimum absolute atomic E-state index is 0.182. The van der Waals surface area contributed by atoms with Crippen molar-refractivity contribution >= 4 is 35.1 Å². The van der Waals surface area contributed by atoms with E-state index in [1.807, 2.05) is 0 Å². The van der Waals surface area contributed by atoms with Crippen LogP contribution in [-0.4, -0.2) is 56.3 Å². The molecule has 0 saturated heterocycles. The van der Waals surface area contributed by atoms with Crippen molar-refractivity contribution in [1.29, 1.82) is 0 Å². The summed E-state index contributed by atoms with van der Waals surface area (Å²) in [6.07, 6.45) is -0.256. The second kappa shape index (κ2) is 14.6. The molecular formula is C24H27ClO8. The van der Waals surface area contributed by atoms with E-state index in [2.05, 4.69) is 4.74 Å². The van der Waals surface area contributed by atoms with Crippen molar-refractivity contribution in [1.82, 2.24) is 0 Å². The highest BCUT2D eigenvalue weighted by atomic mass is 35.5. The second-order valence-electron chi connectivity index (χ2n) is 6.28. The predicted octanol–water partition coefficient (Wildman–Crippen LogP) is 3.88. The average Bonchev–Trinajstić information content (AvgIpc) is 2.83. The minimum atomic E-state index is -1.34. The van der Waals surface area contributed by atoms with Crippen LogP contribution in [0.5, 0.6) is 11.5 Å². The Bertz CT molecular complexity index is 957. The number of halogens is 1. The molecule has 0 aliphatic rings. The molecule has 178 valence electrons. The molecule has 0 aromatic heterocycles. The van der Waals surface area contributed by atoms with Gasteiger partial charge in [-0.05, 0) is 38.1 Å². The Kier molecular flexibility index (Phi) is 12.3. The van der Waals surface area contributed by atoms with E-state index in [1.165, 1.54) is 14.2 Å². The number of esters is 2. The quantitative estimate of drug-likeness (QED) is 0.219. The number of carbonyl (C=O) groups is 4. The van der Waals surface area contributed by atoms with Gasteiger partial charge >= 0.3 is 11.9 Å². The maximum Gasteiger partial charge on any atom is 0.332 e. The van der Waals surface area contributed by atoms with Crippen LogP contribution in [-0.2, 0) is 19.1 Å². The van der Waals surface area contributed by atoms with Crippen molar-refractivity contribution in [3.63, 3.8) is 0 Å². The maximum atomic E-state index is 11.9. The van der Waals surface area contributed by atoms with E-state index in [1.54, 1.807) is 62.4 Å². The summed E-state index contributed by atoms with van der Waals surface area (Å²) in [4.78, 5) is 46.1. The van der Waals surface area contributed by atoms with Crippen LogP contribution in [0.3, 0.4) is 0 Å². The van der Waals surface area contributed by atoms with Gasteiger partial charge < -0.3 is 18.9 Å². The fraction of sp³-hybridized carbons (Fsp3) is 0.333. The molecule has 2 aromatic carbocycles. The van der Waals surface area contributed by atoms with E-state index in [-0.39, 0.29) is 31.0 Å². The van der Waals surface area contributed by atoms with Gasteiger partial charge in [-0.15, -0.1) is 11.6 Å². The molecule has 1 atom stereocenters. The molecule has 0 spiro atoms. The average molecular weight is 479 g/mol. The first-order valence-electron chi connectivity index (χ1n) is 10.1. The number of ketones is 2. The first-order valence-corrected chi connectivity index (χ1v) is 10.5. The van der Waals surface area contributed by atoms with Crippen LogP contribution in [0.4, 0.5) is 0 Å². The number of rotatable bonds is 10. The highest BCUT2D eigenvalue weighted by molar-refractivity contribution is 6.43. The van der Waals surface area contributed by atoms with Crippen LogP contribution in [0.2, 0.25) is 0 Å². The van der Waals surface area contributed by atoms with E-state index in [0.717, 1.165) is 0 Å². The number of hydrogen-bond donors (Lipinski definition) is 0. The second-order valence-corrected chi connectivity index (χ2v) is 6.72. The number of benzene rings is 2. The standard InChI is InChI=1S/C12H13ClO4.C12H14O4/c1-3-17-12(15)10(13)11(14)8-6-4-5-7-9(8)16-2;1-3-16-12(14)8-10(13)9-6-4-5-7-11(9)15-2/h4-7,10H,3H2,1-2H3;4-7H,3,8H2,1-2H3. The van der Waals surface area contributed by atoms with Crippen molar-refractivity contribution in [3.8, 4) is 11.5 Å². The lowest BCUT2D eigenvalue weighted by molar-refractivity contribution is -0.142. The summed E-state index contributed by atoms with van der Waals surface area (Å²) in [5, 5.41) is -1.34. The molecule has 0 bridgehead atoms. The van der Waals surface area contributed by atoms with Crippen LogP contribution < -0.4 is 9.47 Å². The Hall–Kier alpha value is -3.39. The molecule has 0 aliphatic carbocycles. The summed E-state index contributed by atoms with van der Waals surface area (Å²) in [7, 11) is 2.93. The third-order valence-corrected chi connectivity index (χ3v) is 4.49. The first kappa shape index (κ1) is 27.6. The molecule has 8 nitrogen and oxygen atoms in total. The molecule has 1 unspecified atom stereocenters. The zero-order valence-electron chi connectivity index (χ0n) is 19.0. The van der Waals surface area contributed by atoms with E-state index in [9.17, 15) is 19.2 Å². The SMILES string of the molecule is CCOC(=O)C(Cl)C(=O)c1ccccc1OC.CCOC(=O)CC(=O)c1ccccc1OC. The van der Waals surface area contributed by atoms with E-state index >= 15 is 0 Å². The highest BCUT2D eigenvalue weighted by Crippen LogP contribution is 2.21. The molecule has 0 N–H and O–H groups in total.